The standard InChI is InChI=1S/C17H18O3/c1-17(2)11-13(7-3-6-10-16(18)19)14-8-4-5-9-15(14)20-12-17/h3-11H,12H2,1-2H3,(H,18,19)/b7-3+,10-6+. The van der Waals surface area contributed by atoms with Crippen molar-refractivity contribution in [2.75, 3.05) is 6.61 Å². The van der Waals surface area contributed by atoms with Crippen molar-refractivity contribution >= 4 is 11.5 Å². The van der Waals surface area contributed by atoms with Crippen molar-refractivity contribution in [2.24, 2.45) is 5.41 Å². The number of fused-ring (bicyclic) bond motifs is 1. The summed E-state index contributed by atoms with van der Waals surface area (Å²) in [5.41, 5.74) is 1.99. The van der Waals surface area contributed by atoms with Crippen molar-refractivity contribution in [3.8, 4) is 5.75 Å². The number of allylic oxidation sites excluding steroid dienone is 4. The zero-order chi connectivity index (χ0) is 14.6. The van der Waals surface area contributed by atoms with Gasteiger partial charge in [-0.3, -0.25) is 0 Å². The molecule has 0 bridgehead atoms. The Morgan fingerprint density at radius 1 is 1.30 bits per heavy atom. The summed E-state index contributed by atoms with van der Waals surface area (Å²) in [5, 5.41) is 8.58. The molecule has 1 aliphatic heterocycles. The van der Waals surface area contributed by atoms with E-state index in [9.17, 15) is 4.79 Å². The second-order valence-electron chi connectivity index (χ2n) is 5.43. The lowest BCUT2D eigenvalue weighted by Gasteiger charge is -2.18. The molecule has 3 heteroatoms. The predicted molar refractivity (Wildman–Crippen MR) is 79.6 cm³/mol. The molecule has 20 heavy (non-hydrogen) atoms. The number of carboxylic acid groups (broad SMARTS) is 1. The normalized spacial score (nSPS) is 17.4. The summed E-state index contributed by atoms with van der Waals surface area (Å²) in [7, 11) is 0. The van der Waals surface area contributed by atoms with E-state index in [0.29, 0.717) is 6.61 Å². The van der Waals surface area contributed by atoms with Crippen molar-refractivity contribution in [1.29, 1.82) is 0 Å². The summed E-state index contributed by atoms with van der Waals surface area (Å²) in [6.07, 6.45) is 8.43. The van der Waals surface area contributed by atoms with Crippen molar-refractivity contribution in [2.45, 2.75) is 13.8 Å². The fourth-order valence-corrected chi connectivity index (χ4v) is 2.07. The van der Waals surface area contributed by atoms with E-state index in [2.05, 4.69) is 19.9 Å². The summed E-state index contributed by atoms with van der Waals surface area (Å²) >= 11 is 0. The lowest BCUT2D eigenvalue weighted by Crippen LogP contribution is -2.17. The van der Waals surface area contributed by atoms with Crippen LogP contribution in [0.5, 0.6) is 5.75 Å². The summed E-state index contributed by atoms with van der Waals surface area (Å²) in [4.78, 5) is 10.5. The summed E-state index contributed by atoms with van der Waals surface area (Å²) in [5.74, 6) is -0.0928. The van der Waals surface area contributed by atoms with Crippen LogP contribution < -0.4 is 4.74 Å². The van der Waals surface area contributed by atoms with Gasteiger partial charge in [0.2, 0.25) is 0 Å². The quantitative estimate of drug-likeness (QED) is 0.673. The predicted octanol–water partition coefficient (Wildman–Crippen LogP) is 3.69. The van der Waals surface area contributed by atoms with Gasteiger partial charge in [-0.05, 0) is 11.6 Å². The summed E-state index contributed by atoms with van der Waals surface area (Å²) < 4.78 is 5.84. The van der Waals surface area contributed by atoms with Crippen LogP contribution in [0, 0.1) is 5.41 Å². The van der Waals surface area contributed by atoms with Gasteiger partial charge in [0, 0.05) is 17.1 Å². The van der Waals surface area contributed by atoms with E-state index < -0.39 is 5.97 Å². The Bertz CT molecular complexity index is 592. The second-order valence-corrected chi connectivity index (χ2v) is 5.43. The SMILES string of the molecule is CC1(C)C=C(/C=C/C=C/C(=O)O)c2ccccc2OC1. The number of carbonyl (C=O) groups is 1. The minimum atomic E-state index is -0.950. The molecule has 0 amide bonds. The smallest absolute Gasteiger partial charge is 0.328 e. The highest BCUT2D eigenvalue weighted by molar-refractivity contribution is 5.81. The Kier molecular flexibility index (Phi) is 4.08. The molecule has 0 spiro atoms. The molecule has 0 saturated carbocycles. The van der Waals surface area contributed by atoms with E-state index >= 15 is 0 Å². The van der Waals surface area contributed by atoms with Crippen LogP contribution >= 0.6 is 0 Å². The number of carboxylic acids is 1. The number of para-hydroxylation sites is 1. The molecule has 0 atom stereocenters. The van der Waals surface area contributed by atoms with Crippen molar-refractivity contribution in [3.63, 3.8) is 0 Å². The number of hydrogen-bond donors (Lipinski definition) is 1. The fourth-order valence-electron chi connectivity index (χ4n) is 2.07. The molecule has 1 N–H and O–H groups in total. The molecule has 0 aliphatic carbocycles. The first-order chi connectivity index (χ1) is 9.48. The second kappa shape index (κ2) is 5.78. The molecule has 2 rings (SSSR count). The number of benzene rings is 1. The van der Waals surface area contributed by atoms with Gasteiger partial charge in [0.15, 0.2) is 0 Å². The maximum atomic E-state index is 10.5. The Balaban J connectivity index is 2.36. The van der Waals surface area contributed by atoms with Crippen LogP contribution in [0.15, 0.2) is 54.6 Å². The molecule has 1 aromatic carbocycles. The molecular weight excluding hydrogens is 252 g/mol. The maximum absolute atomic E-state index is 10.5. The number of hydrogen-bond acceptors (Lipinski definition) is 2. The first kappa shape index (κ1) is 14.1. The molecule has 0 aromatic heterocycles. The molecule has 3 nitrogen and oxygen atoms in total. The molecule has 0 unspecified atom stereocenters. The van der Waals surface area contributed by atoms with Crippen LogP contribution in [0.4, 0.5) is 0 Å². The fraction of sp³-hybridized carbons (Fsp3) is 0.235. The van der Waals surface area contributed by atoms with Gasteiger partial charge in [0.05, 0.1) is 6.61 Å². The van der Waals surface area contributed by atoms with Crippen LogP contribution in [0.3, 0.4) is 0 Å². The Morgan fingerprint density at radius 3 is 2.80 bits per heavy atom. The van der Waals surface area contributed by atoms with Gasteiger partial charge in [-0.2, -0.15) is 0 Å². The molecule has 104 valence electrons. The van der Waals surface area contributed by atoms with E-state index in [1.165, 1.54) is 6.08 Å². The molecule has 1 aliphatic rings. The van der Waals surface area contributed by atoms with Crippen LogP contribution in [0.1, 0.15) is 19.4 Å². The average Bonchev–Trinajstić information content (AvgIpc) is 2.52. The first-order valence-electron chi connectivity index (χ1n) is 6.51. The minimum Gasteiger partial charge on any atom is -0.492 e. The van der Waals surface area contributed by atoms with Crippen LogP contribution in [-0.2, 0) is 4.79 Å². The van der Waals surface area contributed by atoms with E-state index in [-0.39, 0.29) is 5.41 Å². The number of ether oxygens (including phenoxy) is 1. The van der Waals surface area contributed by atoms with Crippen LogP contribution in [-0.4, -0.2) is 17.7 Å². The van der Waals surface area contributed by atoms with Gasteiger partial charge in [0.1, 0.15) is 5.75 Å². The van der Waals surface area contributed by atoms with E-state index in [1.807, 2.05) is 30.3 Å². The van der Waals surface area contributed by atoms with Gasteiger partial charge >= 0.3 is 5.97 Å². The third kappa shape index (κ3) is 3.60. The molecular formula is C17H18O3. The maximum Gasteiger partial charge on any atom is 0.328 e. The lowest BCUT2D eigenvalue weighted by molar-refractivity contribution is -0.131. The number of rotatable bonds is 3. The largest absolute Gasteiger partial charge is 0.492 e. The highest BCUT2D eigenvalue weighted by Gasteiger charge is 2.22. The Morgan fingerprint density at radius 2 is 2.05 bits per heavy atom. The van der Waals surface area contributed by atoms with E-state index in [4.69, 9.17) is 9.84 Å². The zero-order valence-electron chi connectivity index (χ0n) is 11.7. The van der Waals surface area contributed by atoms with Gasteiger partial charge in [0.25, 0.3) is 0 Å². The monoisotopic (exact) mass is 270 g/mol. The highest BCUT2D eigenvalue weighted by atomic mass is 16.5. The molecule has 1 heterocycles. The zero-order valence-corrected chi connectivity index (χ0v) is 11.7. The lowest BCUT2D eigenvalue weighted by atomic mass is 9.90. The number of aliphatic carboxylic acids is 1. The molecule has 0 radical (unpaired) electrons. The van der Waals surface area contributed by atoms with Crippen molar-refractivity contribution in [3.05, 3.63) is 60.2 Å². The molecule has 0 fully saturated rings. The van der Waals surface area contributed by atoms with Gasteiger partial charge in [-0.1, -0.05) is 56.4 Å². The first-order valence-corrected chi connectivity index (χ1v) is 6.51. The van der Waals surface area contributed by atoms with Gasteiger partial charge < -0.3 is 9.84 Å². The van der Waals surface area contributed by atoms with Crippen LogP contribution in [0.25, 0.3) is 5.57 Å². The van der Waals surface area contributed by atoms with Gasteiger partial charge in [-0.15, -0.1) is 0 Å². The summed E-state index contributed by atoms with van der Waals surface area (Å²) in [6, 6.07) is 7.87. The third-order valence-corrected chi connectivity index (χ3v) is 2.97. The third-order valence-electron chi connectivity index (χ3n) is 2.97. The highest BCUT2D eigenvalue weighted by Crippen LogP contribution is 2.35. The Hall–Kier alpha value is -2.29. The summed E-state index contributed by atoms with van der Waals surface area (Å²) in [6.45, 7) is 4.84. The van der Waals surface area contributed by atoms with E-state index in [0.717, 1.165) is 23.0 Å². The van der Waals surface area contributed by atoms with E-state index in [1.54, 1.807) is 6.08 Å². The topological polar surface area (TPSA) is 46.5 Å². The Labute approximate surface area is 118 Å². The molecule has 1 aromatic rings. The molecule has 0 saturated heterocycles. The van der Waals surface area contributed by atoms with Gasteiger partial charge in [-0.25, -0.2) is 4.79 Å². The van der Waals surface area contributed by atoms with Crippen LogP contribution in [0.2, 0.25) is 0 Å². The average molecular weight is 270 g/mol. The van der Waals surface area contributed by atoms with Crippen molar-refractivity contribution < 1.29 is 14.6 Å². The minimum absolute atomic E-state index is 0.0742. The van der Waals surface area contributed by atoms with Crippen molar-refractivity contribution in [1.82, 2.24) is 0 Å².